The van der Waals surface area contributed by atoms with Gasteiger partial charge in [-0.05, 0) is 18.1 Å². The third kappa shape index (κ3) is 35.0. The first-order valence-corrected chi connectivity index (χ1v) is 23.9. The van der Waals surface area contributed by atoms with Crippen LogP contribution in [0.2, 0.25) is 18.1 Å². The zero-order valence-corrected chi connectivity index (χ0v) is 32.5. The monoisotopic (exact) mass is 636 g/mol. The third-order valence-corrected chi connectivity index (χ3v) is 14.3. The first-order valence-electron chi connectivity index (χ1n) is 21.4. The molecule has 0 saturated carbocycles. The van der Waals surface area contributed by atoms with E-state index in [-0.39, 0.29) is 0 Å². The predicted molar refractivity (Wildman–Crippen MR) is 204 cm³/mol. The van der Waals surface area contributed by atoms with Crippen molar-refractivity contribution in [3.63, 3.8) is 0 Å². The van der Waals surface area contributed by atoms with E-state index in [4.69, 9.17) is 0 Å². The fourth-order valence-electron chi connectivity index (χ4n) is 7.24. The quantitative estimate of drug-likeness (QED) is 0.0473. The Labute approximate surface area is 282 Å². The lowest BCUT2D eigenvalue weighted by atomic mass is 10.1. The van der Waals surface area contributed by atoms with E-state index in [2.05, 4.69) is 20.8 Å². The van der Waals surface area contributed by atoms with E-state index in [0.29, 0.717) is 0 Å². The summed E-state index contributed by atoms with van der Waals surface area (Å²) in [6.45, 7) is 6.91. The van der Waals surface area contributed by atoms with Crippen LogP contribution in [0.4, 0.5) is 0 Å². The van der Waals surface area contributed by atoms with Gasteiger partial charge in [0.15, 0.2) is 0 Å². The molecule has 1 radical (unpaired) electrons. The fraction of sp³-hybridized carbons (Fsp3) is 1.00. The molecule has 0 aromatic carbocycles. The number of rotatable bonds is 39. The summed E-state index contributed by atoms with van der Waals surface area (Å²) in [4.78, 5) is 14.1. The lowest BCUT2D eigenvalue weighted by Crippen LogP contribution is -2.32. The highest BCUT2D eigenvalue weighted by Crippen LogP contribution is 2.28. The molecule has 0 saturated heterocycles. The van der Waals surface area contributed by atoms with Crippen molar-refractivity contribution < 1.29 is 4.80 Å². The Hall–Kier alpha value is 0.177. The minimum atomic E-state index is -2.29. The molecule has 2 heteroatoms. The van der Waals surface area contributed by atoms with Crippen LogP contribution in [-0.2, 0) is 4.80 Å². The lowest BCUT2D eigenvalue weighted by molar-refractivity contribution is 0.397. The summed E-state index contributed by atoms with van der Waals surface area (Å²) >= 11 is 0. The van der Waals surface area contributed by atoms with Crippen molar-refractivity contribution in [2.75, 3.05) is 0 Å². The molecular weight excluding hydrogens is 549 g/mol. The first-order chi connectivity index (χ1) is 21.7. The molecule has 265 valence electrons. The maximum absolute atomic E-state index is 14.1. The molecule has 0 atom stereocenters. The Balaban J connectivity index is 4.06. The van der Waals surface area contributed by atoms with Crippen LogP contribution in [-0.4, -0.2) is 8.32 Å². The second-order valence-electron chi connectivity index (χ2n) is 15.1. The van der Waals surface area contributed by atoms with Gasteiger partial charge in [-0.2, -0.15) is 0 Å². The van der Waals surface area contributed by atoms with E-state index in [1.165, 1.54) is 231 Å². The molecule has 0 aliphatic rings. The molecule has 0 aliphatic heterocycles. The second-order valence-corrected chi connectivity index (χ2v) is 19.0. The average Bonchev–Trinajstić information content (AvgIpc) is 3.02. The van der Waals surface area contributed by atoms with Crippen LogP contribution >= 0.6 is 0 Å². The Morgan fingerprint density at radius 1 is 0.227 bits per heavy atom. The molecule has 44 heavy (non-hydrogen) atoms. The molecule has 0 fully saturated rings. The van der Waals surface area contributed by atoms with Gasteiger partial charge >= 0.3 is 0 Å². The maximum atomic E-state index is 14.1. The molecule has 0 aliphatic carbocycles. The SMILES string of the molecule is CCCCCCCCCCCCCC[Si]([O])(CCCCCCCCCCCCCC)CCCCCCCCCCCCCC. The van der Waals surface area contributed by atoms with E-state index in [1.54, 1.807) is 0 Å². The van der Waals surface area contributed by atoms with Crippen molar-refractivity contribution in [1.82, 2.24) is 0 Å². The van der Waals surface area contributed by atoms with Gasteiger partial charge in [-0.1, -0.05) is 252 Å². The summed E-state index contributed by atoms with van der Waals surface area (Å²) in [5.41, 5.74) is 0. The third-order valence-electron chi connectivity index (χ3n) is 10.5. The predicted octanol–water partition coefficient (Wildman–Crippen LogP) is 16.5. The van der Waals surface area contributed by atoms with E-state index in [0.717, 1.165) is 18.1 Å². The lowest BCUT2D eigenvalue weighted by Gasteiger charge is -2.23. The first kappa shape index (κ1) is 44.2. The van der Waals surface area contributed by atoms with Gasteiger partial charge in [0.25, 0.3) is 0 Å². The number of hydrogen-bond acceptors (Lipinski definition) is 0. The molecule has 0 spiro atoms. The molecule has 0 N–H and O–H groups in total. The van der Waals surface area contributed by atoms with Crippen molar-refractivity contribution in [1.29, 1.82) is 0 Å². The fourth-order valence-corrected chi connectivity index (χ4v) is 10.7. The summed E-state index contributed by atoms with van der Waals surface area (Å²) in [5, 5.41) is 0. The second kappa shape index (κ2) is 37.6. The Morgan fingerprint density at radius 2 is 0.364 bits per heavy atom. The minimum Gasteiger partial charge on any atom is -0.297 e. The van der Waals surface area contributed by atoms with Gasteiger partial charge in [-0.3, -0.25) is 4.80 Å². The van der Waals surface area contributed by atoms with Crippen LogP contribution in [0.1, 0.15) is 252 Å². The van der Waals surface area contributed by atoms with Gasteiger partial charge in [0, 0.05) is 0 Å². The Morgan fingerprint density at radius 3 is 0.523 bits per heavy atom. The van der Waals surface area contributed by atoms with Crippen LogP contribution in [0.15, 0.2) is 0 Å². The topological polar surface area (TPSA) is 19.9 Å². The molecule has 1 nitrogen and oxygen atoms in total. The Bertz CT molecular complexity index is 437. The van der Waals surface area contributed by atoms with Gasteiger partial charge in [0.1, 0.15) is 0 Å². The number of unbranched alkanes of at least 4 members (excludes halogenated alkanes) is 33. The van der Waals surface area contributed by atoms with E-state index in [1.807, 2.05) is 0 Å². The van der Waals surface area contributed by atoms with Crippen molar-refractivity contribution in [2.45, 2.75) is 270 Å². The summed E-state index contributed by atoms with van der Waals surface area (Å²) in [6.07, 6.45) is 50.2. The minimum absolute atomic E-state index is 1.08. The zero-order chi connectivity index (χ0) is 32.1. The molecular formula is C42H87OSi. The van der Waals surface area contributed by atoms with Crippen LogP contribution in [0.25, 0.3) is 0 Å². The van der Waals surface area contributed by atoms with Crippen LogP contribution in [0.5, 0.6) is 0 Å². The summed E-state index contributed by atoms with van der Waals surface area (Å²) in [5.74, 6) is 0. The van der Waals surface area contributed by atoms with Gasteiger partial charge in [0.2, 0.25) is 8.32 Å². The molecule has 0 unspecified atom stereocenters. The Kier molecular flexibility index (Phi) is 37.8. The van der Waals surface area contributed by atoms with E-state index >= 15 is 0 Å². The van der Waals surface area contributed by atoms with Crippen LogP contribution < -0.4 is 0 Å². The van der Waals surface area contributed by atoms with Gasteiger partial charge in [-0.25, -0.2) is 0 Å². The largest absolute Gasteiger partial charge is 0.297 e. The highest BCUT2D eigenvalue weighted by atomic mass is 28.4. The molecule has 0 amide bonds. The standard InChI is InChI=1S/C42H87OSi/c1-4-7-10-13-16-19-22-25-28-31-34-37-40-44(43,41-38-35-32-29-26-23-20-17-14-11-8-5-2)42-39-36-33-30-27-24-21-18-15-12-9-6-3/h4-42H2,1-3H3. The van der Waals surface area contributed by atoms with Crippen LogP contribution in [0, 0.1) is 0 Å². The highest BCUT2D eigenvalue weighted by Gasteiger charge is 2.31. The van der Waals surface area contributed by atoms with Crippen LogP contribution in [0.3, 0.4) is 0 Å². The van der Waals surface area contributed by atoms with Gasteiger partial charge < -0.3 is 0 Å². The van der Waals surface area contributed by atoms with Gasteiger partial charge in [0.05, 0.1) is 0 Å². The molecule has 0 aromatic heterocycles. The van der Waals surface area contributed by atoms with Crippen molar-refractivity contribution >= 4 is 8.32 Å². The average molecular weight is 636 g/mol. The van der Waals surface area contributed by atoms with Crippen molar-refractivity contribution in [3.05, 3.63) is 0 Å². The maximum Gasteiger partial charge on any atom is 0.237 e. The number of hydrogen-bond donors (Lipinski definition) is 0. The molecule has 0 heterocycles. The van der Waals surface area contributed by atoms with Crippen molar-refractivity contribution in [3.8, 4) is 0 Å². The highest BCUT2D eigenvalue weighted by molar-refractivity contribution is 6.72. The summed E-state index contributed by atoms with van der Waals surface area (Å²) < 4.78 is 0. The zero-order valence-electron chi connectivity index (χ0n) is 31.5. The molecule has 0 bridgehead atoms. The van der Waals surface area contributed by atoms with E-state index < -0.39 is 8.32 Å². The van der Waals surface area contributed by atoms with Gasteiger partial charge in [-0.15, -0.1) is 0 Å². The summed E-state index contributed by atoms with van der Waals surface area (Å²) in [7, 11) is -2.29. The normalized spacial score (nSPS) is 12.0. The van der Waals surface area contributed by atoms with Crippen molar-refractivity contribution in [2.24, 2.45) is 0 Å². The summed E-state index contributed by atoms with van der Waals surface area (Å²) in [6, 6.07) is 3.25. The molecule has 0 aromatic rings. The smallest absolute Gasteiger partial charge is 0.237 e. The van der Waals surface area contributed by atoms with E-state index in [9.17, 15) is 4.80 Å². The molecule has 0 rings (SSSR count).